The number of nitrogens with one attached hydrogen (secondary N) is 1. The third kappa shape index (κ3) is 3.89. The molecule has 1 heterocycles. The Labute approximate surface area is 115 Å². The summed E-state index contributed by atoms with van der Waals surface area (Å²) in [6.07, 6.45) is 2.80. The van der Waals surface area contributed by atoms with E-state index in [1.165, 1.54) is 6.20 Å². The molecule has 0 bridgehead atoms. The van der Waals surface area contributed by atoms with Crippen LogP contribution in [0.5, 0.6) is 0 Å². The molecule has 0 spiro atoms. The zero-order valence-corrected chi connectivity index (χ0v) is 10.7. The lowest BCUT2D eigenvalue weighted by atomic mass is 10.1. The molecule has 2 rings (SSSR count). The molecule has 0 aliphatic rings. The van der Waals surface area contributed by atoms with Gasteiger partial charge in [0.15, 0.2) is 5.78 Å². The number of aromatic nitrogens is 1. The molecule has 19 heavy (non-hydrogen) atoms. The summed E-state index contributed by atoms with van der Waals surface area (Å²) in [5.74, 6) is -0.629. The van der Waals surface area contributed by atoms with E-state index in [0.29, 0.717) is 16.3 Å². The van der Waals surface area contributed by atoms with Crippen molar-refractivity contribution >= 4 is 29.0 Å². The minimum atomic E-state index is -0.365. The molecule has 96 valence electrons. The number of rotatable bonds is 4. The SMILES string of the molecule is O=C(CC(=O)c1cccnc1)Nc1ccc(Cl)cc1. The van der Waals surface area contributed by atoms with Crippen molar-refractivity contribution in [3.63, 3.8) is 0 Å². The Morgan fingerprint density at radius 1 is 1.16 bits per heavy atom. The van der Waals surface area contributed by atoms with Crippen molar-refractivity contribution in [2.45, 2.75) is 6.42 Å². The molecule has 1 amide bonds. The lowest BCUT2D eigenvalue weighted by Crippen LogP contribution is -2.16. The van der Waals surface area contributed by atoms with Crippen LogP contribution in [0.3, 0.4) is 0 Å². The number of halogens is 1. The summed E-state index contributed by atoms with van der Waals surface area (Å²) in [4.78, 5) is 27.3. The highest BCUT2D eigenvalue weighted by atomic mass is 35.5. The van der Waals surface area contributed by atoms with Gasteiger partial charge in [-0.15, -0.1) is 0 Å². The number of ketones is 1. The summed E-state index contributed by atoms with van der Waals surface area (Å²) in [7, 11) is 0. The van der Waals surface area contributed by atoms with E-state index >= 15 is 0 Å². The van der Waals surface area contributed by atoms with Gasteiger partial charge in [0.2, 0.25) is 5.91 Å². The van der Waals surface area contributed by atoms with E-state index in [9.17, 15) is 9.59 Å². The number of benzene rings is 1. The Morgan fingerprint density at radius 2 is 1.89 bits per heavy atom. The van der Waals surface area contributed by atoms with Crippen molar-refractivity contribution in [3.8, 4) is 0 Å². The van der Waals surface area contributed by atoms with Gasteiger partial charge in [-0.05, 0) is 36.4 Å². The van der Waals surface area contributed by atoms with Crippen LogP contribution in [0.2, 0.25) is 5.02 Å². The van der Waals surface area contributed by atoms with Crippen LogP contribution < -0.4 is 5.32 Å². The highest BCUT2D eigenvalue weighted by Crippen LogP contribution is 2.13. The average Bonchev–Trinajstić information content (AvgIpc) is 2.42. The first-order chi connectivity index (χ1) is 9.15. The van der Waals surface area contributed by atoms with Crippen molar-refractivity contribution in [2.75, 3.05) is 5.32 Å². The van der Waals surface area contributed by atoms with Crippen LogP contribution in [0.1, 0.15) is 16.8 Å². The van der Waals surface area contributed by atoms with Crippen molar-refractivity contribution < 1.29 is 9.59 Å². The van der Waals surface area contributed by atoms with Crippen molar-refractivity contribution in [1.82, 2.24) is 4.98 Å². The number of anilines is 1. The molecule has 2 aromatic rings. The van der Waals surface area contributed by atoms with Gasteiger partial charge in [-0.25, -0.2) is 0 Å². The number of nitrogens with zero attached hydrogens (tertiary/aromatic N) is 1. The molecule has 0 aliphatic carbocycles. The molecule has 0 unspecified atom stereocenters. The summed E-state index contributed by atoms with van der Waals surface area (Å²) >= 11 is 5.74. The van der Waals surface area contributed by atoms with Gasteiger partial charge in [0.05, 0.1) is 6.42 Å². The Hall–Kier alpha value is -2.20. The fourth-order valence-corrected chi connectivity index (χ4v) is 1.64. The highest BCUT2D eigenvalue weighted by Gasteiger charge is 2.11. The molecular weight excluding hydrogens is 264 g/mol. The standard InChI is InChI=1S/C14H11ClN2O2/c15-11-3-5-12(6-4-11)17-14(19)8-13(18)10-2-1-7-16-9-10/h1-7,9H,8H2,(H,17,19). The van der Waals surface area contributed by atoms with Crippen LogP contribution in [-0.4, -0.2) is 16.7 Å². The minimum Gasteiger partial charge on any atom is -0.326 e. The van der Waals surface area contributed by atoms with E-state index in [2.05, 4.69) is 10.3 Å². The zero-order chi connectivity index (χ0) is 13.7. The molecule has 0 saturated carbocycles. The van der Waals surface area contributed by atoms with Gasteiger partial charge in [-0.1, -0.05) is 11.6 Å². The van der Waals surface area contributed by atoms with Gasteiger partial charge in [0.1, 0.15) is 0 Å². The van der Waals surface area contributed by atoms with Crippen LogP contribution in [0.4, 0.5) is 5.69 Å². The Bertz CT molecular complexity index is 582. The minimum absolute atomic E-state index is 0.214. The maximum absolute atomic E-state index is 11.8. The second-order valence-corrected chi connectivity index (χ2v) is 4.33. The summed E-state index contributed by atoms with van der Waals surface area (Å²) in [6, 6.07) is 9.97. The van der Waals surface area contributed by atoms with Gasteiger partial charge < -0.3 is 5.32 Å². The second-order valence-electron chi connectivity index (χ2n) is 3.90. The van der Waals surface area contributed by atoms with Crippen LogP contribution >= 0.6 is 11.6 Å². The molecule has 5 heteroatoms. The summed E-state index contributed by atoms with van der Waals surface area (Å²) < 4.78 is 0. The topological polar surface area (TPSA) is 59.1 Å². The fraction of sp³-hybridized carbons (Fsp3) is 0.0714. The second kappa shape index (κ2) is 6.11. The first kappa shape index (κ1) is 13.2. The number of carbonyl (C=O) groups excluding carboxylic acids is 2. The molecular formula is C14H11ClN2O2. The molecule has 0 saturated heterocycles. The average molecular weight is 275 g/mol. The maximum atomic E-state index is 11.8. The van der Waals surface area contributed by atoms with E-state index in [1.54, 1.807) is 42.6 Å². The lowest BCUT2D eigenvalue weighted by molar-refractivity contribution is -0.115. The van der Waals surface area contributed by atoms with Gasteiger partial charge in [-0.2, -0.15) is 0 Å². The van der Waals surface area contributed by atoms with Crippen molar-refractivity contribution in [3.05, 3.63) is 59.4 Å². The number of hydrogen-bond donors (Lipinski definition) is 1. The monoisotopic (exact) mass is 274 g/mol. The van der Waals surface area contributed by atoms with Crippen LogP contribution in [0.15, 0.2) is 48.8 Å². The number of pyridine rings is 1. The van der Waals surface area contributed by atoms with Crippen LogP contribution in [-0.2, 0) is 4.79 Å². The molecule has 1 N–H and O–H groups in total. The summed E-state index contributed by atoms with van der Waals surface area (Å²) in [5.41, 5.74) is 1.03. The number of Topliss-reactive ketones (excluding diaryl/α,β-unsaturated/α-hetero) is 1. The molecule has 0 aliphatic heterocycles. The summed E-state index contributed by atoms with van der Waals surface area (Å²) in [5, 5.41) is 3.22. The Morgan fingerprint density at radius 3 is 2.53 bits per heavy atom. The summed E-state index contributed by atoms with van der Waals surface area (Å²) in [6.45, 7) is 0. The molecule has 4 nitrogen and oxygen atoms in total. The lowest BCUT2D eigenvalue weighted by Gasteiger charge is -2.04. The normalized spacial score (nSPS) is 9.95. The van der Waals surface area contributed by atoms with Crippen molar-refractivity contribution in [1.29, 1.82) is 0 Å². The molecule has 0 fully saturated rings. The van der Waals surface area contributed by atoms with E-state index in [1.807, 2.05) is 0 Å². The Balaban J connectivity index is 1.95. The number of hydrogen-bond acceptors (Lipinski definition) is 3. The Kier molecular flexibility index (Phi) is 4.26. The molecule has 0 radical (unpaired) electrons. The molecule has 0 atom stereocenters. The third-order valence-electron chi connectivity index (χ3n) is 2.43. The van der Waals surface area contributed by atoms with Gasteiger partial charge in [0.25, 0.3) is 0 Å². The van der Waals surface area contributed by atoms with Gasteiger partial charge >= 0.3 is 0 Å². The molecule has 1 aromatic carbocycles. The van der Waals surface area contributed by atoms with Gasteiger partial charge in [-0.3, -0.25) is 14.6 Å². The largest absolute Gasteiger partial charge is 0.326 e. The van der Waals surface area contributed by atoms with E-state index in [-0.39, 0.29) is 18.1 Å². The van der Waals surface area contributed by atoms with E-state index in [0.717, 1.165) is 0 Å². The number of amides is 1. The predicted octanol–water partition coefficient (Wildman–Crippen LogP) is 2.95. The third-order valence-corrected chi connectivity index (χ3v) is 2.68. The first-order valence-corrected chi connectivity index (χ1v) is 6.01. The van der Waals surface area contributed by atoms with Crippen LogP contribution in [0, 0.1) is 0 Å². The van der Waals surface area contributed by atoms with E-state index in [4.69, 9.17) is 11.6 Å². The van der Waals surface area contributed by atoms with Crippen molar-refractivity contribution in [2.24, 2.45) is 0 Å². The fourth-order valence-electron chi connectivity index (χ4n) is 1.51. The van der Waals surface area contributed by atoms with E-state index < -0.39 is 0 Å². The highest BCUT2D eigenvalue weighted by molar-refractivity contribution is 6.30. The molecule has 1 aromatic heterocycles. The van der Waals surface area contributed by atoms with Gasteiger partial charge in [0, 0.05) is 28.7 Å². The predicted molar refractivity (Wildman–Crippen MR) is 73.3 cm³/mol. The first-order valence-electron chi connectivity index (χ1n) is 5.64. The smallest absolute Gasteiger partial charge is 0.232 e. The maximum Gasteiger partial charge on any atom is 0.232 e. The number of carbonyl (C=O) groups is 2. The quantitative estimate of drug-likeness (QED) is 0.689. The zero-order valence-electron chi connectivity index (χ0n) is 9.97. The van der Waals surface area contributed by atoms with Crippen LogP contribution in [0.25, 0.3) is 0 Å².